The molecule has 7 heteroatoms. The lowest BCUT2D eigenvalue weighted by atomic mass is 10.2. The second-order valence-electron chi connectivity index (χ2n) is 4.67. The first-order chi connectivity index (χ1) is 10.0. The first kappa shape index (κ1) is 15.6. The fourth-order valence-corrected chi connectivity index (χ4v) is 2.24. The molecule has 1 amide bonds. The minimum atomic E-state index is -1.08. The maximum absolute atomic E-state index is 12.1. The van der Waals surface area contributed by atoms with E-state index in [1.165, 1.54) is 4.90 Å². The fraction of sp³-hybridized carbons (Fsp3) is 0.429. The Balaban J connectivity index is 2.00. The zero-order valence-corrected chi connectivity index (χ0v) is 12.3. The molecule has 1 fully saturated rings. The second-order valence-corrected chi connectivity index (χ2v) is 5.07. The number of carboxylic acids is 1. The van der Waals surface area contributed by atoms with E-state index in [1.807, 2.05) is 0 Å². The molecule has 1 N–H and O–H groups in total. The third kappa shape index (κ3) is 3.65. The van der Waals surface area contributed by atoms with E-state index in [2.05, 4.69) is 0 Å². The molecule has 0 bridgehead atoms. The predicted octanol–water partition coefficient (Wildman–Crippen LogP) is 1.34. The number of morpholine rings is 1. The minimum absolute atomic E-state index is 0.00271. The van der Waals surface area contributed by atoms with Gasteiger partial charge in [-0.1, -0.05) is 17.7 Å². The Morgan fingerprint density at radius 2 is 2.29 bits per heavy atom. The second kappa shape index (κ2) is 6.78. The van der Waals surface area contributed by atoms with Crippen molar-refractivity contribution in [3.05, 3.63) is 28.8 Å². The van der Waals surface area contributed by atoms with Crippen LogP contribution in [0.3, 0.4) is 0 Å². The number of amides is 1. The number of ether oxygens (including phenoxy) is 2. The van der Waals surface area contributed by atoms with E-state index in [0.717, 1.165) is 5.56 Å². The van der Waals surface area contributed by atoms with Crippen molar-refractivity contribution in [1.82, 2.24) is 4.90 Å². The van der Waals surface area contributed by atoms with Crippen molar-refractivity contribution >= 4 is 23.5 Å². The van der Waals surface area contributed by atoms with Crippen LogP contribution in [0.1, 0.15) is 5.56 Å². The van der Waals surface area contributed by atoms with Gasteiger partial charge in [-0.3, -0.25) is 4.79 Å². The molecule has 1 aromatic rings. The van der Waals surface area contributed by atoms with Gasteiger partial charge in [0.25, 0.3) is 5.91 Å². The van der Waals surface area contributed by atoms with E-state index in [1.54, 1.807) is 25.1 Å². The molecule has 1 heterocycles. The zero-order chi connectivity index (χ0) is 15.4. The summed E-state index contributed by atoms with van der Waals surface area (Å²) < 4.78 is 10.5. The molecule has 114 valence electrons. The molecule has 0 spiro atoms. The van der Waals surface area contributed by atoms with Crippen LogP contribution in [0.5, 0.6) is 5.75 Å². The largest absolute Gasteiger partial charge is 0.483 e. The molecule has 1 aliphatic heterocycles. The van der Waals surface area contributed by atoms with Gasteiger partial charge in [0.05, 0.1) is 13.2 Å². The summed E-state index contributed by atoms with van der Waals surface area (Å²) in [6.45, 7) is 2.12. The maximum Gasteiger partial charge on any atom is 0.328 e. The summed E-state index contributed by atoms with van der Waals surface area (Å²) in [5.41, 5.74) is 0.740. The molecular weight excluding hydrogens is 298 g/mol. The van der Waals surface area contributed by atoms with Crippen LogP contribution in [0.15, 0.2) is 18.2 Å². The Morgan fingerprint density at radius 3 is 3.00 bits per heavy atom. The third-order valence-corrected chi connectivity index (χ3v) is 3.71. The molecule has 6 nitrogen and oxygen atoms in total. The Bertz CT molecular complexity index is 548. The fourth-order valence-electron chi connectivity index (χ4n) is 2.07. The molecule has 1 unspecified atom stereocenters. The molecule has 2 rings (SSSR count). The molecule has 1 aliphatic rings. The van der Waals surface area contributed by atoms with E-state index >= 15 is 0 Å². The average molecular weight is 314 g/mol. The highest BCUT2D eigenvalue weighted by molar-refractivity contribution is 6.31. The van der Waals surface area contributed by atoms with Crippen LogP contribution in [-0.2, 0) is 14.3 Å². The van der Waals surface area contributed by atoms with E-state index in [-0.39, 0.29) is 25.7 Å². The molecule has 0 aromatic heterocycles. The predicted molar refractivity (Wildman–Crippen MR) is 75.6 cm³/mol. The van der Waals surface area contributed by atoms with Crippen LogP contribution in [0.4, 0.5) is 0 Å². The molecule has 1 saturated heterocycles. The first-order valence-corrected chi connectivity index (χ1v) is 6.86. The van der Waals surface area contributed by atoms with E-state index < -0.39 is 12.0 Å². The summed E-state index contributed by atoms with van der Waals surface area (Å²) in [5.74, 6) is -0.956. The van der Waals surface area contributed by atoms with Gasteiger partial charge < -0.3 is 19.5 Å². The average Bonchev–Trinajstić information content (AvgIpc) is 2.48. The number of carbonyl (C=O) groups excluding carboxylic acids is 1. The molecule has 1 atom stereocenters. The number of carboxylic acid groups (broad SMARTS) is 1. The molecular formula is C14H16ClNO5. The van der Waals surface area contributed by atoms with Crippen molar-refractivity contribution in [2.75, 3.05) is 26.4 Å². The number of aliphatic carboxylic acids is 1. The zero-order valence-electron chi connectivity index (χ0n) is 11.5. The minimum Gasteiger partial charge on any atom is -0.483 e. The number of rotatable bonds is 4. The highest BCUT2D eigenvalue weighted by Gasteiger charge is 2.32. The van der Waals surface area contributed by atoms with E-state index in [9.17, 15) is 9.59 Å². The number of hydrogen-bond acceptors (Lipinski definition) is 4. The summed E-state index contributed by atoms with van der Waals surface area (Å²) in [6.07, 6.45) is 0. The van der Waals surface area contributed by atoms with Gasteiger partial charge in [-0.25, -0.2) is 4.79 Å². The highest BCUT2D eigenvalue weighted by atomic mass is 35.5. The lowest BCUT2D eigenvalue weighted by Crippen LogP contribution is -2.53. The summed E-state index contributed by atoms with van der Waals surface area (Å²) in [7, 11) is 0. The van der Waals surface area contributed by atoms with Gasteiger partial charge in [-0.05, 0) is 19.1 Å². The topological polar surface area (TPSA) is 76.1 Å². The number of carbonyl (C=O) groups is 2. The van der Waals surface area contributed by atoms with Gasteiger partial charge >= 0.3 is 5.97 Å². The summed E-state index contributed by atoms with van der Waals surface area (Å²) in [5, 5.41) is 9.64. The van der Waals surface area contributed by atoms with Crippen molar-refractivity contribution in [2.45, 2.75) is 13.0 Å². The Labute approximate surface area is 127 Å². The molecule has 0 saturated carbocycles. The summed E-state index contributed by atoms with van der Waals surface area (Å²) >= 11 is 5.97. The number of nitrogens with zero attached hydrogens (tertiary/aromatic N) is 1. The summed E-state index contributed by atoms with van der Waals surface area (Å²) in [6, 6.07) is 4.20. The normalized spacial score (nSPS) is 18.4. The van der Waals surface area contributed by atoms with Gasteiger partial charge in [-0.2, -0.15) is 0 Å². The van der Waals surface area contributed by atoms with Crippen molar-refractivity contribution in [3.8, 4) is 5.75 Å². The third-order valence-electron chi connectivity index (χ3n) is 3.30. The standard InChI is InChI=1S/C14H16ClNO5/c1-9-10(15)3-2-4-12(9)21-8-13(17)16-5-6-20-7-11(16)14(18)19/h2-4,11H,5-8H2,1H3,(H,18,19). The number of benzene rings is 1. The van der Waals surface area contributed by atoms with Crippen LogP contribution in [0.2, 0.25) is 5.02 Å². The van der Waals surface area contributed by atoms with Crippen LogP contribution in [-0.4, -0.2) is 54.3 Å². The van der Waals surface area contributed by atoms with Gasteiger partial charge in [0.2, 0.25) is 0 Å². The van der Waals surface area contributed by atoms with Gasteiger partial charge in [0.1, 0.15) is 5.75 Å². The number of halogens is 1. The summed E-state index contributed by atoms with van der Waals surface area (Å²) in [4.78, 5) is 24.5. The van der Waals surface area contributed by atoms with E-state index in [0.29, 0.717) is 17.4 Å². The number of hydrogen-bond donors (Lipinski definition) is 1. The van der Waals surface area contributed by atoms with Gasteiger partial charge in [-0.15, -0.1) is 0 Å². The van der Waals surface area contributed by atoms with Crippen molar-refractivity contribution in [2.24, 2.45) is 0 Å². The Morgan fingerprint density at radius 1 is 1.52 bits per heavy atom. The maximum atomic E-state index is 12.1. The first-order valence-electron chi connectivity index (χ1n) is 6.48. The van der Waals surface area contributed by atoms with Crippen LogP contribution in [0.25, 0.3) is 0 Å². The van der Waals surface area contributed by atoms with Gasteiger partial charge in [0, 0.05) is 17.1 Å². The van der Waals surface area contributed by atoms with Crippen molar-refractivity contribution in [3.63, 3.8) is 0 Å². The van der Waals surface area contributed by atoms with Crippen LogP contribution in [0, 0.1) is 6.92 Å². The Kier molecular flexibility index (Phi) is 5.03. The molecule has 0 aliphatic carbocycles. The molecule has 21 heavy (non-hydrogen) atoms. The lowest BCUT2D eigenvalue weighted by Gasteiger charge is -2.32. The van der Waals surface area contributed by atoms with Crippen LogP contribution >= 0.6 is 11.6 Å². The van der Waals surface area contributed by atoms with Gasteiger partial charge in [0.15, 0.2) is 12.6 Å². The highest BCUT2D eigenvalue weighted by Crippen LogP contribution is 2.25. The lowest BCUT2D eigenvalue weighted by molar-refractivity contribution is -0.159. The Hall–Kier alpha value is -1.79. The monoisotopic (exact) mass is 313 g/mol. The smallest absolute Gasteiger partial charge is 0.328 e. The SMILES string of the molecule is Cc1c(Cl)cccc1OCC(=O)N1CCOCC1C(=O)O. The van der Waals surface area contributed by atoms with Crippen molar-refractivity contribution in [1.29, 1.82) is 0 Å². The van der Waals surface area contributed by atoms with Crippen molar-refractivity contribution < 1.29 is 24.2 Å². The quantitative estimate of drug-likeness (QED) is 0.908. The molecule has 0 radical (unpaired) electrons. The molecule has 1 aromatic carbocycles. The van der Waals surface area contributed by atoms with E-state index in [4.69, 9.17) is 26.2 Å². The van der Waals surface area contributed by atoms with Crippen LogP contribution < -0.4 is 4.74 Å².